The summed E-state index contributed by atoms with van der Waals surface area (Å²) in [4.78, 5) is 12.6. The molecule has 0 heterocycles. The van der Waals surface area contributed by atoms with Gasteiger partial charge in [-0.1, -0.05) is 70.7 Å². The summed E-state index contributed by atoms with van der Waals surface area (Å²) in [6.07, 6.45) is 13.3. The molecule has 1 atom stereocenters. The lowest BCUT2D eigenvalue weighted by Gasteiger charge is -2.10. The third-order valence-corrected chi connectivity index (χ3v) is 6.67. The predicted molar refractivity (Wildman–Crippen MR) is 156 cm³/mol. The van der Waals surface area contributed by atoms with Crippen LogP contribution in [0.1, 0.15) is 82.5 Å². The molecule has 0 aromatic heterocycles. The first-order valence-electron chi connectivity index (χ1n) is 14.1. The predicted octanol–water partition coefficient (Wildman–Crippen LogP) is 9.64. The summed E-state index contributed by atoms with van der Waals surface area (Å²) in [5, 5.41) is 0. The summed E-state index contributed by atoms with van der Waals surface area (Å²) in [6.45, 7) is 7.39. The maximum Gasteiger partial charge on any atom is 0.343 e. The van der Waals surface area contributed by atoms with E-state index in [0.29, 0.717) is 17.9 Å². The minimum absolute atomic E-state index is 0.385. The molecular weight excluding hydrogens is 472 g/mol. The Morgan fingerprint density at radius 1 is 0.763 bits per heavy atom. The molecule has 0 unspecified atom stereocenters. The maximum absolute atomic E-state index is 12.6. The molecule has 0 saturated carbocycles. The van der Waals surface area contributed by atoms with Gasteiger partial charge in [0, 0.05) is 0 Å². The normalized spacial score (nSPS) is 11.9. The van der Waals surface area contributed by atoms with Gasteiger partial charge >= 0.3 is 5.97 Å². The highest BCUT2D eigenvalue weighted by Gasteiger charge is 2.10. The molecular formula is C34H42O4. The van der Waals surface area contributed by atoms with E-state index in [-0.39, 0.29) is 5.97 Å². The molecule has 4 heteroatoms. The van der Waals surface area contributed by atoms with Crippen molar-refractivity contribution < 1.29 is 19.0 Å². The molecule has 38 heavy (non-hydrogen) atoms. The molecule has 0 bridgehead atoms. The Balaban J connectivity index is 1.45. The van der Waals surface area contributed by atoms with E-state index in [0.717, 1.165) is 41.4 Å². The number of esters is 1. The Bertz CT molecular complexity index is 1100. The Morgan fingerprint density at radius 2 is 1.39 bits per heavy atom. The Labute approximate surface area is 228 Å². The standard InChI is InChI=1S/C34H42O4/c1-4-6-7-8-9-10-25-36-31-19-17-29(18-20-31)28-13-15-30(16-14-28)34(35)38-33-23-21-32(22-24-33)37-26-11-12-27(3)5-2/h10,13-25,27H,4-9,11-12,26H2,1-3H3/b25-10+/t27-/m0/s1. The van der Waals surface area contributed by atoms with Crippen LogP contribution in [0, 0.1) is 5.92 Å². The first-order valence-corrected chi connectivity index (χ1v) is 14.1. The van der Waals surface area contributed by atoms with Crippen molar-refractivity contribution in [2.75, 3.05) is 6.61 Å². The summed E-state index contributed by atoms with van der Waals surface area (Å²) >= 11 is 0. The fourth-order valence-corrected chi connectivity index (χ4v) is 4.00. The lowest BCUT2D eigenvalue weighted by molar-refractivity contribution is 0.0734. The number of rotatable bonds is 16. The second kappa shape index (κ2) is 16.3. The highest BCUT2D eigenvalue weighted by atomic mass is 16.5. The van der Waals surface area contributed by atoms with Gasteiger partial charge < -0.3 is 14.2 Å². The molecule has 202 valence electrons. The van der Waals surface area contributed by atoms with E-state index in [2.05, 4.69) is 26.8 Å². The van der Waals surface area contributed by atoms with Crippen LogP contribution in [-0.4, -0.2) is 12.6 Å². The van der Waals surface area contributed by atoms with Crippen molar-refractivity contribution in [2.45, 2.75) is 72.1 Å². The van der Waals surface area contributed by atoms with E-state index in [1.807, 2.05) is 48.5 Å². The molecule has 0 fully saturated rings. The highest BCUT2D eigenvalue weighted by molar-refractivity contribution is 5.91. The van der Waals surface area contributed by atoms with Crippen molar-refractivity contribution in [3.05, 3.63) is 90.7 Å². The first kappa shape index (κ1) is 29.0. The molecule has 0 spiro atoms. The topological polar surface area (TPSA) is 44.8 Å². The van der Waals surface area contributed by atoms with Crippen molar-refractivity contribution in [3.63, 3.8) is 0 Å². The molecule has 3 rings (SSSR count). The minimum Gasteiger partial charge on any atom is -0.494 e. The van der Waals surface area contributed by atoms with Crippen molar-refractivity contribution in [1.29, 1.82) is 0 Å². The Kier molecular flexibility index (Phi) is 12.5. The number of ether oxygens (including phenoxy) is 3. The van der Waals surface area contributed by atoms with Crippen molar-refractivity contribution in [3.8, 4) is 28.4 Å². The van der Waals surface area contributed by atoms with E-state index in [1.165, 1.54) is 38.5 Å². The van der Waals surface area contributed by atoms with Gasteiger partial charge in [-0.25, -0.2) is 4.79 Å². The van der Waals surface area contributed by atoms with Crippen molar-refractivity contribution >= 4 is 5.97 Å². The number of unbranched alkanes of at least 4 members (excludes halogenated alkanes) is 4. The van der Waals surface area contributed by atoms with Crippen LogP contribution >= 0.6 is 0 Å². The Morgan fingerprint density at radius 3 is 2.05 bits per heavy atom. The zero-order valence-electron chi connectivity index (χ0n) is 23.2. The monoisotopic (exact) mass is 514 g/mol. The van der Waals surface area contributed by atoms with Crippen molar-refractivity contribution in [2.24, 2.45) is 5.92 Å². The fourth-order valence-electron chi connectivity index (χ4n) is 4.00. The highest BCUT2D eigenvalue weighted by Crippen LogP contribution is 2.24. The molecule has 3 aromatic carbocycles. The number of allylic oxidation sites excluding steroid dienone is 1. The summed E-state index contributed by atoms with van der Waals surface area (Å²) in [6, 6.07) is 22.6. The average molecular weight is 515 g/mol. The van der Waals surface area contributed by atoms with Gasteiger partial charge in [-0.15, -0.1) is 0 Å². The number of hydrogen-bond donors (Lipinski definition) is 0. The number of carbonyl (C=O) groups is 1. The quantitative estimate of drug-likeness (QED) is 0.0826. The molecule has 3 aromatic rings. The van der Waals surface area contributed by atoms with Gasteiger partial charge in [-0.3, -0.25) is 0 Å². The van der Waals surface area contributed by atoms with Gasteiger partial charge in [0.15, 0.2) is 0 Å². The van der Waals surface area contributed by atoms with Gasteiger partial charge in [-0.2, -0.15) is 0 Å². The van der Waals surface area contributed by atoms with E-state index in [1.54, 1.807) is 30.5 Å². The molecule has 0 aliphatic heterocycles. The van der Waals surface area contributed by atoms with Gasteiger partial charge in [0.05, 0.1) is 18.4 Å². The largest absolute Gasteiger partial charge is 0.494 e. The van der Waals surface area contributed by atoms with Gasteiger partial charge in [-0.05, 0) is 97.3 Å². The van der Waals surface area contributed by atoms with Crippen LogP contribution in [-0.2, 0) is 0 Å². The SMILES string of the molecule is CCCCCC/C=C/Oc1ccc(-c2ccc(C(=O)Oc3ccc(OCCC[C@@H](C)CC)cc3)cc2)cc1. The van der Waals surface area contributed by atoms with E-state index < -0.39 is 0 Å². The summed E-state index contributed by atoms with van der Waals surface area (Å²) in [5.74, 6) is 2.43. The van der Waals surface area contributed by atoms with E-state index >= 15 is 0 Å². The van der Waals surface area contributed by atoms with Crippen LogP contribution in [0.25, 0.3) is 11.1 Å². The molecule has 0 aliphatic rings. The average Bonchev–Trinajstić information content (AvgIpc) is 2.96. The summed E-state index contributed by atoms with van der Waals surface area (Å²) in [7, 11) is 0. The van der Waals surface area contributed by atoms with Crippen LogP contribution in [0.3, 0.4) is 0 Å². The second-order valence-electron chi connectivity index (χ2n) is 9.81. The molecule has 0 saturated heterocycles. The van der Waals surface area contributed by atoms with Crippen LogP contribution < -0.4 is 14.2 Å². The third-order valence-electron chi connectivity index (χ3n) is 6.67. The van der Waals surface area contributed by atoms with Gasteiger partial charge in [0.1, 0.15) is 17.2 Å². The molecule has 0 amide bonds. The first-order chi connectivity index (χ1) is 18.6. The van der Waals surface area contributed by atoms with E-state index in [4.69, 9.17) is 14.2 Å². The van der Waals surface area contributed by atoms with Crippen LogP contribution in [0.5, 0.6) is 17.2 Å². The maximum atomic E-state index is 12.6. The van der Waals surface area contributed by atoms with Gasteiger partial charge in [0.2, 0.25) is 0 Å². The zero-order valence-corrected chi connectivity index (χ0v) is 23.2. The van der Waals surface area contributed by atoms with E-state index in [9.17, 15) is 4.79 Å². The fraction of sp³-hybridized carbons (Fsp3) is 0.382. The van der Waals surface area contributed by atoms with Crippen LogP contribution in [0.4, 0.5) is 0 Å². The molecule has 4 nitrogen and oxygen atoms in total. The second-order valence-corrected chi connectivity index (χ2v) is 9.81. The van der Waals surface area contributed by atoms with Crippen LogP contribution in [0.15, 0.2) is 85.1 Å². The number of benzene rings is 3. The summed E-state index contributed by atoms with van der Waals surface area (Å²) < 4.78 is 17.0. The zero-order chi connectivity index (χ0) is 27.0. The third kappa shape index (κ3) is 10.1. The molecule has 0 radical (unpaired) electrons. The number of hydrogen-bond acceptors (Lipinski definition) is 4. The summed E-state index contributed by atoms with van der Waals surface area (Å²) in [5.41, 5.74) is 2.58. The van der Waals surface area contributed by atoms with Gasteiger partial charge in [0.25, 0.3) is 0 Å². The van der Waals surface area contributed by atoms with Crippen LogP contribution in [0.2, 0.25) is 0 Å². The smallest absolute Gasteiger partial charge is 0.343 e. The minimum atomic E-state index is -0.385. The lowest BCUT2D eigenvalue weighted by Crippen LogP contribution is -2.08. The van der Waals surface area contributed by atoms with Crippen molar-refractivity contribution in [1.82, 2.24) is 0 Å². The number of carbonyl (C=O) groups excluding carboxylic acids is 1. The lowest BCUT2D eigenvalue weighted by atomic mass is 10.0. The molecule has 0 N–H and O–H groups in total. The Hall–Kier alpha value is -3.53. The molecule has 0 aliphatic carbocycles.